The first-order valence-corrected chi connectivity index (χ1v) is 24.4. The van der Waals surface area contributed by atoms with E-state index in [2.05, 4.69) is 30.9 Å². The summed E-state index contributed by atoms with van der Waals surface area (Å²) in [5.74, 6) is -3.92. The van der Waals surface area contributed by atoms with Crippen molar-refractivity contribution in [2.45, 2.75) is 94.0 Å². The van der Waals surface area contributed by atoms with E-state index in [0.29, 0.717) is 62.2 Å². The van der Waals surface area contributed by atoms with Gasteiger partial charge in [-0.05, 0) is 120 Å². The van der Waals surface area contributed by atoms with Gasteiger partial charge in [-0.1, -0.05) is 11.6 Å². The minimum absolute atomic E-state index is 0.0199. The van der Waals surface area contributed by atoms with Crippen LogP contribution in [0.15, 0.2) is 41.3 Å². The number of pyridine rings is 1. The Morgan fingerprint density at radius 3 is 2.19 bits per heavy atom. The summed E-state index contributed by atoms with van der Waals surface area (Å²) in [5.41, 5.74) is 0.294. The molecule has 5 aliphatic rings. The number of amides is 2. The van der Waals surface area contributed by atoms with Gasteiger partial charge in [0.25, 0.3) is 13.3 Å². The highest BCUT2D eigenvalue weighted by Crippen LogP contribution is 2.46. The Balaban J connectivity index is 0.882. The van der Waals surface area contributed by atoms with Crippen molar-refractivity contribution in [3.63, 3.8) is 0 Å². The molecule has 16 nitrogen and oxygen atoms in total. The van der Waals surface area contributed by atoms with Crippen LogP contribution in [-0.2, 0) is 30.3 Å². The average Bonchev–Trinajstić information content (AvgIpc) is 4.02. The van der Waals surface area contributed by atoms with E-state index in [4.69, 9.17) is 11.6 Å². The highest BCUT2D eigenvalue weighted by Gasteiger charge is 2.46. The van der Waals surface area contributed by atoms with Gasteiger partial charge in [-0.2, -0.15) is 4.31 Å². The van der Waals surface area contributed by atoms with Crippen LogP contribution in [0.3, 0.4) is 0 Å². The van der Waals surface area contributed by atoms with Gasteiger partial charge in [0, 0.05) is 93.4 Å². The van der Waals surface area contributed by atoms with Crippen LogP contribution in [0, 0.1) is 23.7 Å². The lowest BCUT2D eigenvalue weighted by molar-refractivity contribution is -0.129. The molecule has 347 valence electrons. The predicted octanol–water partition coefficient (Wildman–Crippen LogP) is 1.63. The molecule has 2 amide bonds. The van der Waals surface area contributed by atoms with Crippen molar-refractivity contribution in [3.05, 3.63) is 47.1 Å². The highest BCUT2D eigenvalue weighted by atomic mass is 35.5. The Kier molecular flexibility index (Phi) is 16.1. The first-order chi connectivity index (χ1) is 30.5. The molecule has 2 saturated carbocycles. The Morgan fingerprint density at radius 2 is 1.58 bits per heavy atom. The van der Waals surface area contributed by atoms with Gasteiger partial charge >= 0.3 is 14.1 Å². The third kappa shape index (κ3) is 11.7. The number of hydrogen-bond donors (Lipinski definition) is 6. The Labute approximate surface area is 381 Å². The van der Waals surface area contributed by atoms with Crippen LogP contribution >= 0.6 is 11.6 Å². The number of aromatic nitrogens is 1. The van der Waals surface area contributed by atoms with Crippen LogP contribution < -0.4 is 30.8 Å². The largest absolute Gasteiger partial charge is 0.437 e. The number of likely N-dealkylation sites (tertiary alicyclic amines) is 1. The SMILES string of the molecule is CB(O)NC[C@@H]1CN([C@@H]2CC[C@H](NC(=O)C3CCC(C(F)(F)c4cc(Cl)nc(N5CCN(S(=O)(=O)c6ccc(N7C[C@H](N[B]C=O)CC7=O)cc6)CC5)c4)CC3)C2)C[C@@H]1CNB(C)O. The minimum Gasteiger partial charge on any atom is -0.437 e. The van der Waals surface area contributed by atoms with Crippen molar-refractivity contribution in [1.82, 2.24) is 35.2 Å². The maximum Gasteiger partial charge on any atom is 0.373 e. The lowest BCUT2D eigenvalue weighted by Crippen LogP contribution is -2.49. The second kappa shape index (κ2) is 21.2. The summed E-state index contributed by atoms with van der Waals surface area (Å²) >= 11 is 6.36. The Morgan fingerprint density at radius 1 is 0.938 bits per heavy atom. The molecule has 5 atom stereocenters. The Bertz CT molecular complexity index is 2030. The van der Waals surface area contributed by atoms with Gasteiger partial charge in [-0.3, -0.25) is 14.5 Å². The van der Waals surface area contributed by atoms with E-state index in [1.165, 1.54) is 36.0 Å². The lowest BCUT2D eigenvalue weighted by Gasteiger charge is -2.36. The molecule has 6 N–H and O–H groups in total. The van der Waals surface area contributed by atoms with E-state index in [1.807, 2.05) is 0 Å². The van der Waals surface area contributed by atoms with E-state index in [-0.39, 0.29) is 96.7 Å². The summed E-state index contributed by atoms with van der Waals surface area (Å²) in [5, 5.41) is 31.9. The van der Waals surface area contributed by atoms with Crippen molar-refractivity contribution < 1.29 is 41.6 Å². The first kappa shape index (κ1) is 48.7. The lowest BCUT2D eigenvalue weighted by atomic mass is 9.77. The second-order valence-corrected chi connectivity index (χ2v) is 20.6. The van der Waals surface area contributed by atoms with E-state index in [1.54, 1.807) is 35.6 Å². The smallest absolute Gasteiger partial charge is 0.373 e. The zero-order valence-electron chi connectivity index (χ0n) is 36.5. The van der Waals surface area contributed by atoms with Crippen molar-refractivity contribution in [2.24, 2.45) is 23.7 Å². The summed E-state index contributed by atoms with van der Waals surface area (Å²) in [6, 6.07) is 8.72. The molecule has 2 aromatic rings. The summed E-state index contributed by atoms with van der Waals surface area (Å²) in [7, 11) is -3.86. The number of piperazine rings is 1. The summed E-state index contributed by atoms with van der Waals surface area (Å²) in [4.78, 5) is 46.9. The summed E-state index contributed by atoms with van der Waals surface area (Å²) < 4.78 is 61.2. The summed E-state index contributed by atoms with van der Waals surface area (Å²) in [6.07, 6.45) is 4.50. The molecular weight excluding hydrogens is 868 g/mol. The number of carbonyl (C=O) groups excluding carboxylic acids is 3. The van der Waals surface area contributed by atoms with Crippen LogP contribution in [0.4, 0.5) is 20.3 Å². The number of halogens is 3. The molecule has 0 unspecified atom stereocenters. The van der Waals surface area contributed by atoms with E-state index in [9.17, 15) is 32.8 Å². The standard InChI is InChI=1S/C41H60B3ClF2N9O7S/c1-43(60)48-21-28-23-54(24-29(28)22-49-44(2)61)35-8-7-32(19-35)50-40(59)27-3-5-30(6-4-27)41(46,47)31-17-37(45)51-38(18-31)53-13-15-55(16-14-53)64(62,63)36-11-9-34(10-12-36)56-25-33(20-39(56)58)52-42-26-57/h9-12,17-18,26-30,32-33,35,48-49,52,60-61H,3-8,13-16,19-25H2,1-2H3,(H,50,59)/t27?,28-,29+,30?,32-,33+,35+/m0/s1. The van der Waals surface area contributed by atoms with Crippen LogP contribution in [0.25, 0.3) is 0 Å². The van der Waals surface area contributed by atoms with Crippen molar-refractivity contribution in [3.8, 4) is 0 Å². The molecular formula is C41H60B3ClF2N9O7S. The minimum atomic E-state index is -3.90. The fourth-order valence-corrected chi connectivity index (χ4v) is 11.9. The maximum absolute atomic E-state index is 16.3. The Hall–Kier alpha value is -3.21. The fourth-order valence-electron chi connectivity index (χ4n) is 10.3. The molecule has 4 heterocycles. The second-order valence-electron chi connectivity index (χ2n) is 18.3. The zero-order valence-corrected chi connectivity index (χ0v) is 38.1. The molecule has 64 heavy (non-hydrogen) atoms. The third-order valence-electron chi connectivity index (χ3n) is 13.9. The molecule has 23 heteroatoms. The van der Waals surface area contributed by atoms with Crippen molar-refractivity contribution in [1.29, 1.82) is 0 Å². The van der Waals surface area contributed by atoms with Gasteiger partial charge in [0.05, 0.1) is 11.1 Å². The van der Waals surface area contributed by atoms with Gasteiger partial charge in [0.1, 0.15) is 11.0 Å². The van der Waals surface area contributed by atoms with Crippen molar-refractivity contribution in [2.75, 3.05) is 68.7 Å². The maximum atomic E-state index is 16.3. The monoisotopic (exact) mass is 928 g/mol. The number of carbonyl (C=O) groups is 3. The topological polar surface area (TPSA) is 200 Å². The fraction of sp³-hybridized carbons (Fsp3) is 0.659. The van der Waals surface area contributed by atoms with Crippen LogP contribution in [-0.4, -0.2) is 149 Å². The van der Waals surface area contributed by atoms with Crippen LogP contribution in [0.5, 0.6) is 0 Å². The molecule has 3 saturated heterocycles. The van der Waals surface area contributed by atoms with Gasteiger partial charge in [-0.15, -0.1) is 0 Å². The normalized spacial score (nSPS) is 27.2. The molecule has 0 bridgehead atoms. The van der Waals surface area contributed by atoms with Gasteiger partial charge in [0.15, 0.2) is 0 Å². The molecule has 1 radical (unpaired) electrons. The van der Waals surface area contributed by atoms with Crippen molar-refractivity contribution >= 4 is 72.6 Å². The van der Waals surface area contributed by atoms with Gasteiger partial charge in [-0.25, -0.2) is 22.2 Å². The highest BCUT2D eigenvalue weighted by molar-refractivity contribution is 7.89. The number of nitrogens with zero attached hydrogens (tertiary/aromatic N) is 5. The molecule has 7 rings (SSSR count). The molecule has 0 spiro atoms. The van der Waals surface area contributed by atoms with E-state index < -0.39 is 36.0 Å². The number of hydrogen-bond acceptors (Lipinski definition) is 13. The molecule has 5 fully saturated rings. The molecule has 1 aromatic heterocycles. The van der Waals surface area contributed by atoms with Crippen LogP contribution in [0.2, 0.25) is 18.8 Å². The number of sulfonamides is 1. The van der Waals surface area contributed by atoms with Gasteiger partial charge < -0.3 is 45.6 Å². The van der Waals surface area contributed by atoms with E-state index >= 15 is 8.78 Å². The van der Waals surface area contributed by atoms with Gasteiger partial charge in [0.2, 0.25) is 21.8 Å². The zero-order chi connectivity index (χ0) is 45.8. The number of anilines is 2. The number of alkyl halides is 2. The first-order valence-electron chi connectivity index (χ1n) is 22.6. The number of nitrogens with one attached hydrogen (secondary N) is 4. The molecule has 1 aromatic carbocycles. The average molecular weight is 929 g/mol. The predicted molar refractivity (Wildman–Crippen MR) is 244 cm³/mol. The van der Waals surface area contributed by atoms with E-state index in [0.717, 1.165) is 32.4 Å². The quantitative estimate of drug-likeness (QED) is 0.0718. The van der Waals surface area contributed by atoms with Crippen LogP contribution in [0.1, 0.15) is 56.9 Å². The number of benzene rings is 1. The molecule has 2 aliphatic carbocycles. The third-order valence-corrected chi connectivity index (χ3v) is 16.0. The molecule has 3 aliphatic heterocycles. The number of rotatable bonds is 18. The summed E-state index contributed by atoms with van der Waals surface area (Å²) in [6.45, 7) is 7.41.